The van der Waals surface area contributed by atoms with E-state index in [2.05, 4.69) is 27.5 Å². The van der Waals surface area contributed by atoms with Crippen molar-refractivity contribution in [1.29, 1.82) is 0 Å². The third-order valence-electron chi connectivity index (χ3n) is 3.69. The van der Waals surface area contributed by atoms with E-state index in [1.54, 1.807) is 0 Å². The fourth-order valence-electron chi connectivity index (χ4n) is 2.63. The second kappa shape index (κ2) is 6.33. The molecule has 0 radical (unpaired) electrons. The molecular formula is C13H22ClN3S. The smallest absolute Gasteiger partial charge is 0.107 e. The van der Waals surface area contributed by atoms with Crippen LogP contribution >= 0.6 is 23.7 Å². The molecule has 2 fully saturated rings. The second-order valence-corrected chi connectivity index (χ2v) is 6.28. The summed E-state index contributed by atoms with van der Waals surface area (Å²) < 4.78 is 0. The molecule has 102 valence electrons. The van der Waals surface area contributed by atoms with E-state index in [0.29, 0.717) is 0 Å². The Hall–Kier alpha value is -0.160. The van der Waals surface area contributed by atoms with Crippen LogP contribution in [0.2, 0.25) is 0 Å². The van der Waals surface area contributed by atoms with Crippen LogP contribution in [-0.4, -0.2) is 35.1 Å². The summed E-state index contributed by atoms with van der Waals surface area (Å²) in [5.74, 6) is 0. The minimum absolute atomic E-state index is 0. The largest absolute Gasteiger partial charge is 0.313 e. The molecular weight excluding hydrogens is 266 g/mol. The number of rotatable bonds is 5. The van der Waals surface area contributed by atoms with Gasteiger partial charge in [0, 0.05) is 29.7 Å². The van der Waals surface area contributed by atoms with Crippen molar-refractivity contribution >= 4 is 23.7 Å². The Morgan fingerprint density at radius 1 is 1.44 bits per heavy atom. The highest BCUT2D eigenvalue weighted by molar-refractivity contribution is 7.09. The topological polar surface area (TPSA) is 28.2 Å². The fraction of sp³-hybridized carbons (Fsp3) is 0.769. The lowest BCUT2D eigenvalue weighted by Crippen LogP contribution is -2.38. The van der Waals surface area contributed by atoms with E-state index in [4.69, 9.17) is 0 Å². The van der Waals surface area contributed by atoms with Crippen LogP contribution in [0.3, 0.4) is 0 Å². The Morgan fingerprint density at radius 2 is 2.28 bits per heavy atom. The molecule has 2 aliphatic rings. The van der Waals surface area contributed by atoms with Crippen LogP contribution in [0.5, 0.6) is 0 Å². The third-order valence-corrected chi connectivity index (χ3v) is 4.64. The lowest BCUT2D eigenvalue weighted by molar-refractivity contribution is 0.231. The molecule has 0 aromatic carbocycles. The number of hydrogen-bond acceptors (Lipinski definition) is 4. The van der Waals surface area contributed by atoms with Crippen molar-refractivity contribution in [2.24, 2.45) is 0 Å². The van der Waals surface area contributed by atoms with Gasteiger partial charge in [-0.1, -0.05) is 0 Å². The minimum atomic E-state index is 0. The van der Waals surface area contributed by atoms with Gasteiger partial charge < -0.3 is 5.32 Å². The van der Waals surface area contributed by atoms with Gasteiger partial charge in [0.05, 0.1) is 6.54 Å². The molecule has 1 saturated carbocycles. The van der Waals surface area contributed by atoms with E-state index >= 15 is 0 Å². The highest BCUT2D eigenvalue weighted by Crippen LogP contribution is 2.29. The van der Waals surface area contributed by atoms with Crippen molar-refractivity contribution in [1.82, 2.24) is 15.2 Å². The van der Waals surface area contributed by atoms with Crippen LogP contribution in [0, 0.1) is 6.92 Å². The van der Waals surface area contributed by atoms with E-state index in [9.17, 15) is 0 Å². The number of aromatic nitrogens is 1. The predicted molar refractivity (Wildman–Crippen MR) is 78.6 cm³/mol. The fourth-order valence-corrected chi connectivity index (χ4v) is 3.42. The summed E-state index contributed by atoms with van der Waals surface area (Å²) in [5.41, 5.74) is 1.17. The first-order valence-electron chi connectivity index (χ1n) is 6.70. The lowest BCUT2D eigenvalue weighted by Gasteiger charge is -2.24. The van der Waals surface area contributed by atoms with Crippen LogP contribution < -0.4 is 5.32 Å². The number of halogens is 1. The molecule has 0 amide bonds. The van der Waals surface area contributed by atoms with Gasteiger partial charge in [0.25, 0.3) is 0 Å². The number of nitrogens with zero attached hydrogens (tertiary/aromatic N) is 2. The molecule has 1 aliphatic carbocycles. The first-order chi connectivity index (χ1) is 8.31. The summed E-state index contributed by atoms with van der Waals surface area (Å²) in [6.07, 6.45) is 5.47. The quantitative estimate of drug-likeness (QED) is 0.902. The van der Waals surface area contributed by atoms with E-state index < -0.39 is 0 Å². The van der Waals surface area contributed by atoms with Crippen LogP contribution in [0.15, 0.2) is 5.38 Å². The highest BCUT2D eigenvalue weighted by atomic mass is 35.5. The Bertz CT molecular complexity index is 372. The molecule has 1 aliphatic heterocycles. The zero-order valence-corrected chi connectivity index (χ0v) is 12.5. The number of thiazole rings is 1. The molecule has 18 heavy (non-hydrogen) atoms. The first-order valence-corrected chi connectivity index (χ1v) is 7.57. The van der Waals surface area contributed by atoms with Gasteiger partial charge in [-0.3, -0.25) is 4.90 Å². The molecule has 1 aromatic heterocycles. The summed E-state index contributed by atoms with van der Waals surface area (Å²) in [6, 6.07) is 1.55. The zero-order chi connectivity index (χ0) is 11.7. The van der Waals surface area contributed by atoms with E-state index in [1.165, 1.54) is 49.5 Å². The molecule has 0 spiro atoms. The molecule has 5 heteroatoms. The van der Waals surface area contributed by atoms with Crippen LogP contribution in [0.1, 0.15) is 36.4 Å². The minimum Gasteiger partial charge on any atom is -0.313 e. The average molecular weight is 288 g/mol. The summed E-state index contributed by atoms with van der Waals surface area (Å²) in [4.78, 5) is 7.23. The van der Waals surface area contributed by atoms with Gasteiger partial charge >= 0.3 is 0 Å². The highest BCUT2D eigenvalue weighted by Gasteiger charge is 2.31. The van der Waals surface area contributed by atoms with Gasteiger partial charge in [-0.05, 0) is 39.2 Å². The van der Waals surface area contributed by atoms with Gasteiger partial charge in [0.15, 0.2) is 0 Å². The van der Waals surface area contributed by atoms with Crippen molar-refractivity contribution in [3.05, 3.63) is 16.1 Å². The molecule has 2 heterocycles. The average Bonchev–Trinajstić information content (AvgIpc) is 2.89. The van der Waals surface area contributed by atoms with Gasteiger partial charge in [-0.2, -0.15) is 0 Å². The number of aryl methyl sites for hydroxylation is 1. The Labute approximate surface area is 119 Å². The van der Waals surface area contributed by atoms with Crippen molar-refractivity contribution < 1.29 is 0 Å². The molecule has 1 unspecified atom stereocenters. The normalized spacial score (nSPS) is 23.3. The molecule has 1 N–H and O–H groups in total. The Morgan fingerprint density at radius 3 is 2.83 bits per heavy atom. The summed E-state index contributed by atoms with van der Waals surface area (Å²) >= 11 is 1.81. The first kappa shape index (κ1) is 14.3. The van der Waals surface area contributed by atoms with Gasteiger partial charge in [0.1, 0.15) is 5.01 Å². The lowest BCUT2D eigenvalue weighted by atomic mass is 10.2. The summed E-state index contributed by atoms with van der Waals surface area (Å²) in [7, 11) is 0. The summed E-state index contributed by atoms with van der Waals surface area (Å²) in [5, 5.41) is 7.05. The monoisotopic (exact) mass is 287 g/mol. The zero-order valence-electron chi connectivity index (χ0n) is 10.9. The maximum atomic E-state index is 4.59. The van der Waals surface area contributed by atoms with Crippen LogP contribution in [-0.2, 0) is 6.54 Å². The van der Waals surface area contributed by atoms with E-state index in [1.807, 2.05) is 11.3 Å². The van der Waals surface area contributed by atoms with E-state index in [-0.39, 0.29) is 12.4 Å². The molecule has 1 saturated heterocycles. The summed E-state index contributed by atoms with van der Waals surface area (Å²) in [6.45, 7) is 5.56. The van der Waals surface area contributed by atoms with Crippen molar-refractivity contribution in [2.75, 3.05) is 13.1 Å². The van der Waals surface area contributed by atoms with Crippen molar-refractivity contribution in [2.45, 2.75) is 51.2 Å². The maximum absolute atomic E-state index is 4.59. The van der Waals surface area contributed by atoms with Gasteiger partial charge in [-0.15, -0.1) is 23.7 Å². The van der Waals surface area contributed by atoms with Crippen molar-refractivity contribution in [3.63, 3.8) is 0 Å². The molecule has 3 rings (SSSR count). The second-order valence-electron chi connectivity index (χ2n) is 5.34. The van der Waals surface area contributed by atoms with Gasteiger partial charge in [-0.25, -0.2) is 4.98 Å². The maximum Gasteiger partial charge on any atom is 0.107 e. The van der Waals surface area contributed by atoms with Crippen LogP contribution in [0.25, 0.3) is 0 Å². The Balaban J connectivity index is 0.00000120. The van der Waals surface area contributed by atoms with Crippen LogP contribution in [0.4, 0.5) is 0 Å². The molecule has 1 atom stereocenters. The molecule has 1 aromatic rings. The van der Waals surface area contributed by atoms with E-state index in [0.717, 1.165) is 18.6 Å². The Kier molecular flexibility index (Phi) is 5.01. The number of nitrogens with one attached hydrogen (secondary N) is 1. The standard InChI is InChI=1S/C13H21N3S.ClH/c1-10-9-17-13(15-10)8-16(12-4-5-12)7-11-3-2-6-14-11;/h9,11-12,14H,2-8H2,1H3;1H. The van der Waals surface area contributed by atoms with Gasteiger partial charge in [0.2, 0.25) is 0 Å². The molecule has 3 nitrogen and oxygen atoms in total. The molecule has 0 bridgehead atoms. The number of hydrogen-bond donors (Lipinski definition) is 1. The SMILES string of the molecule is Cc1csc(CN(CC2CCCN2)C2CC2)n1.Cl. The third kappa shape index (κ3) is 3.67. The van der Waals surface area contributed by atoms with Crippen molar-refractivity contribution in [3.8, 4) is 0 Å². The predicted octanol–water partition coefficient (Wildman–Crippen LogP) is 2.59.